The molecule has 5 nitrogen and oxygen atoms in total. The monoisotopic (exact) mass is 345 g/mol. The van der Waals surface area contributed by atoms with Gasteiger partial charge in [-0.1, -0.05) is 12.1 Å². The number of rotatable bonds is 4. The van der Waals surface area contributed by atoms with Gasteiger partial charge in [0.15, 0.2) is 0 Å². The van der Waals surface area contributed by atoms with Gasteiger partial charge in [0, 0.05) is 57.8 Å². The Bertz CT molecular complexity index is 557. The van der Waals surface area contributed by atoms with Crippen LogP contribution in [0.1, 0.15) is 5.56 Å². The fraction of sp³-hybridized carbons (Fsp3) is 0.700. The minimum atomic E-state index is 0.605. The number of methoxy groups -OCH3 is 1. The van der Waals surface area contributed by atoms with Gasteiger partial charge in [0.25, 0.3) is 0 Å². The van der Waals surface area contributed by atoms with Gasteiger partial charge in [0.2, 0.25) is 0 Å². The number of fused-ring (bicyclic) bond motifs is 1. The van der Waals surface area contributed by atoms with Crippen molar-refractivity contribution in [3.8, 4) is 5.75 Å². The number of hydrogen-bond donors (Lipinski definition) is 0. The molecule has 0 aromatic heterocycles. The predicted octanol–water partition coefficient (Wildman–Crippen LogP) is 1.39. The molecule has 3 fully saturated rings. The van der Waals surface area contributed by atoms with Crippen LogP contribution in [0.5, 0.6) is 5.75 Å². The summed E-state index contributed by atoms with van der Waals surface area (Å²) in [6.45, 7) is 10.0. The van der Waals surface area contributed by atoms with Gasteiger partial charge in [0.1, 0.15) is 5.75 Å². The highest BCUT2D eigenvalue weighted by Crippen LogP contribution is 2.34. The summed E-state index contributed by atoms with van der Waals surface area (Å²) >= 11 is 0. The van der Waals surface area contributed by atoms with Crippen molar-refractivity contribution in [1.82, 2.24) is 14.7 Å². The molecule has 0 radical (unpaired) electrons. The molecule has 0 saturated carbocycles. The molecule has 3 aliphatic heterocycles. The van der Waals surface area contributed by atoms with Crippen molar-refractivity contribution in [2.45, 2.75) is 12.6 Å². The molecule has 25 heavy (non-hydrogen) atoms. The summed E-state index contributed by atoms with van der Waals surface area (Å²) in [6.07, 6.45) is 0. The first-order valence-electron chi connectivity index (χ1n) is 9.58. The van der Waals surface area contributed by atoms with Crippen LogP contribution in [0.4, 0.5) is 0 Å². The van der Waals surface area contributed by atoms with Crippen LogP contribution in [0.2, 0.25) is 0 Å². The lowest BCUT2D eigenvalue weighted by Crippen LogP contribution is -2.56. The number of piperazine rings is 1. The maximum absolute atomic E-state index is 6.01. The molecule has 0 amide bonds. The number of ether oxygens (including phenoxy) is 2. The van der Waals surface area contributed by atoms with E-state index in [1.54, 1.807) is 7.11 Å². The molecular formula is C20H31N3O2. The molecular weight excluding hydrogens is 314 g/mol. The highest BCUT2D eigenvalue weighted by atomic mass is 16.5. The normalized spacial score (nSPS) is 31.8. The smallest absolute Gasteiger partial charge is 0.118 e. The Balaban J connectivity index is 1.38. The summed E-state index contributed by atoms with van der Waals surface area (Å²) in [7, 11) is 3.95. The minimum Gasteiger partial charge on any atom is -0.497 e. The molecule has 4 rings (SSSR count). The van der Waals surface area contributed by atoms with Crippen molar-refractivity contribution < 1.29 is 9.47 Å². The molecule has 3 atom stereocenters. The van der Waals surface area contributed by atoms with Gasteiger partial charge < -0.3 is 14.4 Å². The molecule has 0 bridgehead atoms. The van der Waals surface area contributed by atoms with Crippen molar-refractivity contribution in [3.63, 3.8) is 0 Å². The molecule has 1 aromatic rings. The third-order valence-corrected chi connectivity index (χ3v) is 6.25. The Morgan fingerprint density at radius 3 is 2.52 bits per heavy atom. The van der Waals surface area contributed by atoms with Crippen LogP contribution in [0.25, 0.3) is 0 Å². The van der Waals surface area contributed by atoms with E-state index >= 15 is 0 Å². The molecule has 5 heteroatoms. The lowest BCUT2D eigenvalue weighted by atomic mass is 9.86. The summed E-state index contributed by atoms with van der Waals surface area (Å²) in [6, 6.07) is 9.11. The van der Waals surface area contributed by atoms with E-state index in [1.165, 1.54) is 44.8 Å². The number of benzene rings is 1. The standard InChI is InChI=1S/C20H31N3O2/c1-21-7-9-23(10-8-21)20-15-25-14-17-12-22(13-19(17)20)11-16-3-5-18(24-2)6-4-16/h3-6,17,19-20H,7-15H2,1-2H3/t17-,19-,20-/m1/s1. The van der Waals surface area contributed by atoms with E-state index < -0.39 is 0 Å². The maximum atomic E-state index is 6.01. The quantitative estimate of drug-likeness (QED) is 0.822. The maximum Gasteiger partial charge on any atom is 0.118 e. The largest absolute Gasteiger partial charge is 0.497 e. The highest BCUT2D eigenvalue weighted by molar-refractivity contribution is 5.27. The van der Waals surface area contributed by atoms with Crippen LogP contribution in [-0.4, -0.2) is 87.4 Å². The van der Waals surface area contributed by atoms with Crippen LogP contribution < -0.4 is 4.74 Å². The van der Waals surface area contributed by atoms with Crippen molar-refractivity contribution in [1.29, 1.82) is 0 Å². The van der Waals surface area contributed by atoms with E-state index in [9.17, 15) is 0 Å². The topological polar surface area (TPSA) is 28.2 Å². The Labute approximate surface area is 151 Å². The lowest BCUT2D eigenvalue weighted by molar-refractivity contribution is -0.0485. The predicted molar refractivity (Wildman–Crippen MR) is 98.9 cm³/mol. The van der Waals surface area contributed by atoms with E-state index in [0.717, 1.165) is 31.4 Å². The number of likely N-dealkylation sites (N-methyl/N-ethyl adjacent to an activating group) is 1. The van der Waals surface area contributed by atoms with Gasteiger partial charge in [0.05, 0.1) is 20.3 Å². The SMILES string of the molecule is COc1ccc(CN2C[C@@H]3COC[C@@H](N4CCN(C)CC4)[C@@H]3C2)cc1. The van der Waals surface area contributed by atoms with E-state index in [-0.39, 0.29) is 0 Å². The Hall–Kier alpha value is -1.14. The Morgan fingerprint density at radius 2 is 1.80 bits per heavy atom. The fourth-order valence-electron chi connectivity index (χ4n) is 4.71. The molecule has 0 spiro atoms. The molecule has 138 valence electrons. The molecule has 0 aliphatic carbocycles. The molecule has 0 N–H and O–H groups in total. The van der Waals surface area contributed by atoms with Crippen molar-refractivity contribution >= 4 is 0 Å². The van der Waals surface area contributed by atoms with Crippen molar-refractivity contribution in [3.05, 3.63) is 29.8 Å². The number of likely N-dealkylation sites (tertiary alicyclic amines) is 1. The Kier molecular flexibility index (Phi) is 5.27. The fourth-order valence-corrected chi connectivity index (χ4v) is 4.71. The van der Waals surface area contributed by atoms with Crippen LogP contribution >= 0.6 is 0 Å². The summed E-state index contributed by atoms with van der Waals surface area (Å²) < 4.78 is 11.3. The van der Waals surface area contributed by atoms with Crippen molar-refractivity contribution in [2.75, 3.05) is 66.6 Å². The van der Waals surface area contributed by atoms with Gasteiger partial charge in [-0.3, -0.25) is 9.80 Å². The Morgan fingerprint density at radius 1 is 1.04 bits per heavy atom. The van der Waals surface area contributed by atoms with Gasteiger partial charge in [-0.15, -0.1) is 0 Å². The van der Waals surface area contributed by atoms with E-state index in [4.69, 9.17) is 9.47 Å². The first-order valence-corrected chi connectivity index (χ1v) is 9.58. The average molecular weight is 345 g/mol. The second-order valence-corrected chi connectivity index (χ2v) is 7.91. The van der Waals surface area contributed by atoms with Crippen molar-refractivity contribution in [2.24, 2.45) is 11.8 Å². The highest BCUT2D eigenvalue weighted by Gasteiger charge is 2.43. The van der Waals surface area contributed by atoms with Crippen LogP contribution in [-0.2, 0) is 11.3 Å². The minimum absolute atomic E-state index is 0.605. The second kappa shape index (κ2) is 7.62. The number of nitrogens with zero attached hydrogens (tertiary/aromatic N) is 3. The molecule has 1 aromatic carbocycles. The average Bonchev–Trinajstić information content (AvgIpc) is 3.05. The third kappa shape index (κ3) is 3.85. The summed E-state index contributed by atoms with van der Waals surface area (Å²) in [5.74, 6) is 2.38. The zero-order valence-corrected chi connectivity index (χ0v) is 15.6. The first kappa shape index (κ1) is 17.3. The summed E-state index contributed by atoms with van der Waals surface area (Å²) in [4.78, 5) is 7.74. The zero-order valence-electron chi connectivity index (χ0n) is 15.6. The van der Waals surface area contributed by atoms with Gasteiger partial charge >= 0.3 is 0 Å². The van der Waals surface area contributed by atoms with E-state index in [2.05, 4.69) is 46.0 Å². The van der Waals surface area contributed by atoms with Gasteiger partial charge in [-0.2, -0.15) is 0 Å². The van der Waals surface area contributed by atoms with Gasteiger partial charge in [-0.05, 0) is 30.7 Å². The summed E-state index contributed by atoms with van der Waals surface area (Å²) in [5.41, 5.74) is 1.37. The number of hydrogen-bond acceptors (Lipinski definition) is 5. The van der Waals surface area contributed by atoms with Gasteiger partial charge in [-0.25, -0.2) is 0 Å². The van der Waals surface area contributed by atoms with E-state index in [0.29, 0.717) is 12.0 Å². The molecule has 3 saturated heterocycles. The lowest BCUT2D eigenvalue weighted by Gasteiger charge is -2.44. The van der Waals surface area contributed by atoms with Crippen LogP contribution in [0.3, 0.4) is 0 Å². The zero-order chi connectivity index (χ0) is 17.2. The first-order chi connectivity index (χ1) is 12.2. The van der Waals surface area contributed by atoms with E-state index in [1.807, 2.05) is 0 Å². The molecule has 3 heterocycles. The molecule has 0 unspecified atom stereocenters. The third-order valence-electron chi connectivity index (χ3n) is 6.25. The van der Waals surface area contributed by atoms with Crippen LogP contribution in [0.15, 0.2) is 24.3 Å². The molecule has 3 aliphatic rings. The second-order valence-electron chi connectivity index (χ2n) is 7.91. The van der Waals surface area contributed by atoms with Crippen LogP contribution in [0, 0.1) is 11.8 Å². The summed E-state index contributed by atoms with van der Waals surface area (Å²) in [5, 5.41) is 0.